The predicted octanol–water partition coefficient (Wildman–Crippen LogP) is -0.650. The number of anilines is 1. The molecule has 0 spiro atoms. The average molecular weight is 336 g/mol. The number of hydrogen-bond donors (Lipinski definition) is 1. The average Bonchev–Trinajstić information content (AvgIpc) is 3.28. The molecule has 2 heterocycles. The van der Waals surface area contributed by atoms with Crippen molar-refractivity contribution in [3.05, 3.63) is 26.4 Å². The van der Waals surface area contributed by atoms with Gasteiger partial charge < -0.3 is 10.5 Å². The molecule has 1 atom stereocenters. The van der Waals surface area contributed by atoms with E-state index in [1.165, 1.54) is 14.1 Å². The van der Waals surface area contributed by atoms with E-state index in [0.29, 0.717) is 12.0 Å². The van der Waals surface area contributed by atoms with Crippen LogP contribution in [0.1, 0.15) is 29.6 Å². The maximum Gasteiger partial charge on any atom is 0.332 e. The number of carbonyl (C=O) groups is 1. The molecule has 1 aromatic heterocycles. The molecule has 1 aliphatic heterocycles. The molecule has 1 saturated carbocycles. The summed E-state index contributed by atoms with van der Waals surface area (Å²) in [5, 5.41) is 0. The number of nitrogens with zero attached hydrogens (tertiary/aromatic N) is 3. The number of rotatable bonds is 6. The summed E-state index contributed by atoms with van der Waals surface area (Å²) in [5.74, 6) is 0.0428. The Kier molecular flexibility index (Phi) is 4.60. The van der Waals surface area contributed by atoms with E-state index in [1.807, 2.05) is 0 Å². The lowest BCUT2D eigenvalue weighted by atomic mass is 10.1. The highest BCUT2D eigenvalue weighted by molar-refractivity contribution is 6.01. The van der Waals surface area contributed by atoms with Crippen molar-refractivity contribution in [3.63, 3.8) is 0 Å². The molecular formula is C16H24N4O4. The number of carbonyl (C=O) groups excluding carboxylic acids is 1. The van der Waals surface area contributed by atoms with Crippen LogP contribution in [0.3, 0.4) is 0 Å². The van der Waals surface area contributed by atoms with E-state index in [9.17, 15) is 14.4 Å². The molecule has 0 radical (unpaired) electrons. The predicted molar refractivity (Wildman–Crippen MR) is 89.2 cm³/mol. The Morgan fingerprint density at radius 1 is 1.25 bits per heavy atom. The Labute approximate surface area is 139 Å². The highest BCUT2D eigenvalue weighted by Crippen LogP contribution is 2.29. The molecule has 1 saturated heterocycles. The molecule has 2 fully saturated rings. The van der Waals surface area contributed by atoms with Crippen LogP contribution in [-0.4, -0.2) is 52.2 Å². The van der Waals surface area contributed by atoms with E-state index in [1.54, 1.807) is 0 Å². The van der Waals surface area contributed by atoms with Crippen molar-refractivity contribution < 1.29 is 9.53 Å². The molecule has 0 aromatic carbocycles. The van der Waals surface area contributed by atoms with Crippen LogP contribution in [0.5, 0.6) is 0 Å². The quantitative estimate of drug-likeness (QED) is 0.693. The van der Waals surface area contributed by atoms with E-state index in [2.05, 4.69) is 4.90 Å². The minimum atomic E-state index is -0.624. The lowest BCUT2D eigenvalue weighted by Crippen LogP contribution is -2.44. The van der Waals surface area contributed by atoms with Gasteiger partial charge in [0.25, 0.3) is 5.56 Å². The van der Waals surface area contributed by atoms with E-state index in [4.69, 9.17) is 10.5 Å². The molecule has 3 rings (SSSR count). The lowest BCUT2D eigenvalue weighted by molar-refractivity contribution is 0.0902. The Balaban J connectivity index is 1.83. The summed E-state index contributed by atoms with van der Waals surface area (Å²) in [4.78, 5) is 39.1. The molecule has 1 aliphatic carbocycles. The smallest absolute Gasteiger partial charge is 0.332 e. The molecule has 2 N–H and O–H groups in total. The van der Waals surface area contributed by atoms with Crippen LogP contribution in [0.2, 0.25) is 0 Å². The van der Waals surface area contributed by atoms with E-state index in [-0.39, 0.29) is 23.7 Å². The fraction of sp³-hybridized carbons (Fsp3) is 0.688. The van der Waals surface area contributed by atoms with Gasteiger partial charge >= 0.3 is 5.69 Å². The molecule has 24 heavy (non-hydrogen) atoms. The van der Waals surface area contributed by atoms with Crippen LogP contribution in [0.4, 0.5) is 5.82 Å². The van der Waals surface area contributed by atoms with Crippen LogP contribution in [0.25, 0.3) is 0 Å². The number of ether oxygens (including phenoxy) is 1. The molecule has 132 valence electrons. The minimum Gasteiger partial charge on any atom is -0.384 e. The molecular weight excluding hydrogens is 312 g/mol. The zero-order valence-corrected chi connectivity index (χ0v) is 14.2. The SMILES string of the molecule is Cn1c(N)c(C(=O)CN(C[C@@H]2CCOC2)C2CC2)c(=O)n(C)c1=O. The van der Waals surface area contributed by atoms with E-state index in [0.717, 1.165) is 48.2 Å². The number of aromatic nitrogens is 2. The molecule has 8 heteroatoms. The van der Waals surface area contributed by atoms with Crippen molar-refractivity contribution in [2.24, 2.45) is 20.0 Å². The second-order valence-electron chi connectivity index (χ2n) is 6.78. The van der Waals surface area contributed by atoms with Crippen molar-refractivity contribution >= 4 is 11.6 Å². The Bertz CT molecular complexity index is 757. The van der Waals surface area contributed by atoms with Crippen LogP contribution >= 0.6 is 0 Å². The highest BCUT2D eigenvalue weighted by atomic mass is 16.5. The Morgan fingerprint density at radius 2 is 1.96 bits per heavy atom. The lowest BCUT2D eigenvalue weighted by Gasteiger charge is -2.24. The van der Waals surface area contributed by atoms with Crippen LogP contribution in [-0.2, 0) is 18.8 Å². The third kappa shape index (κ3) is 3.16. The first-order valence-corrected chi connectivity index (χ1v) is 8.30. The monoisotopic (exact) mass is 336 g/mol. The minimum absolute atomic E-state index is 0.0620. The van der Waals surface area contributed by atoms with Gasteiger partial charge in [-0.1, -0.05) is 0 Å². The molecule has 8 nitrogen and oxygen atoms in total. The largest absolute Gasteiger partial charge is 0.384 e. The van der Waals surface area contributed by atoms with Gasteiger partial charge in [-0.15, -0.1) is 0 Å². The number of ketones is 1. The van der Waals surface area contributed by atoms with E-state index >= 15 is 0 Å². The van der Waals surface area contributed by atoms with Gasteiger partial charge in [0.2, 0.25) is 0 Å². The molecule has 0 bridgehead atoms. The highest BCUT2D eigenvalue weighted by Gasteiger charge is 2.34. The van der Waals surface area contributed by atoms with Gasteiger partial charge in [-0.25, -0.2) is 4.79 Å². The van der Waals surface area contributed by atoms with E-state index < -0.39 is 11.2 Å². The number of nitrogen functional groups attached to an aromatic ring is 1. The number of hydrogen-bond acceptors (Lipinski definition) is 6. The number of Topliss-reactive ketones (excluding diaryl/α,β-unsaturated/α-hetero) is 1. The maximum absolute atomic E-state index is 12.7. The summed E-state index contributed by atoms with van der Waals surface area (Å²) in [6, 6.07) is 0.396. The Hall–Kier alpha value is -1.93. The topological polar surface area (TPSA) is 99.6 Å². The zero-order valence-electron chi connectivity index (χ0n) is 14.2. The van der Waals surface area contributed by atoms with Gasteiger partial charge in [-0.3, -0.25) is 23.6 Å². The van der Waals surface area contributed by atoms with Gasteiger partial charge in [0.15, 0.2) is 5.78 Å². The van der Waals surface area contributed by atoms with Crippen molar-refractivity contribution in [3.8, 4) is 0 Å². The summed E-state index contributed by atoms with van der Waals surface area (Å²) in [6.07, 6.45) is 3.14. The summed E-state index contributed by atoms with van der Waals surface area (Å²) >= 11 is 0. The van der Waals surface area contributed by atoms with Gasteiger partial charge in [0.05, 0.1) is 13.2 Å². The summed E-state index contributed by atoms with van der Waals surface area (Å²) in [7, 11) is 2.82. The van der Waals surface area contributed by atoms with Gasteiger partial charge in [-0.05, 0) is 25.2 Å². The number of nitrogens with two attached hydrogens (primary N) is 1. The van der Waals surface area contributed by atoms with Crippen molar-refractivity contribution in [1.29, 1.82) is 0 Å². The van der Waals surface area contributed by atoms with Crippen LogP contribution < -0.4 is 17.0 Å². The second kappa shape index (κ2) is 6.52. The zero-order chi connectivity index (χ0) is 17.4. The maximum atomic E-state index is 12.7. The Morgan fingerprint density at radius 3 is 2.54 bits per heavy atom. The normalized spacial score (nSPS) is 20.7. The molecule has 0 amide bonds. The third-order valence-corrected chi connectivity index (χ3v) is 4.92. The first-order valence-electron chi connectivity index (χ1n) is 8.30. The van der Waals surface area contributed by atoms with Crippen LogP contribution in [0.15, 0.2) is 9.59 Å². The third-order valence-electron chi connectivity index (χ3n) is 4.92. The fourth-order valence-electron chi connectivity index (χ4n) is 3.23. The van der Waals surface area contributed by atoms with Crippen molar-refractivity contribution in [2.45, 2.75) is 25.3 Å². The fourth-order valence-corrected chi connectivity index (χ4v) is 3.23. The van der Waals surface area contributed by atoms with Gasteiger partial charge in [0.1, 0.15) is 11.4 Å². The summed E-state index contributed by atoms with van der Waals surface area (Å²) < 4.78 is 7.47. The van der Waals surface area contributed by atoms with Crippen molar-refractivity contribution in [1.82, 2.24) is 14.0 Å². The second-order valence-corrected chi connectivity index (χ2v) is 6.78. The van der Waals surface area contributed by atoms with Gasteiger partial charge in [-0.2, -0.15) is 0 Å². The summed E-state index contributed by atoms with van der Waals surface area (Å²) in [5.41, 5.74) is 4.63. The molecule has 0 unspecified atom stereocenters. The first-order chi connectivity index (χ1) is 11.4. The standard InChI is InChI=1S/C16H24N4O4/c1-18-14(17)13(15(22)19(2)16(18)23)12(21)8-20(11-3-4-11)7-10-5-6-24-9-10/h10-11H,3-9,17H2,1-2H3/t10-/m0/s1. The van der Waals surface area contributed by atoms with Gasteiger partial charge in [0, 0.05) is 33.3 Å². The molecule has 1 aromatic rings. The molecule has 2 aliphatic rings. The summed E-state index contributed by atoms with van der Waals surface area (Å²) in [6.45, 7) is 2.44. The first kappa shape index (κ1) is 16.9. The van der Waals surface area contributed by atoms with Crippen LogP contribution in [0, 0.1) is 5.92 Å². The van der Waals surface area contributed by atoms with Crippen molar-refractivity contribution in [2.75, 3.05) is 32.0 Å².